The van der Waals surface area contributed by atoms with E-state index in [1.807, 2.05) is 0 Å². The van der Waals surface area contributed by atoms with Crippen LogP contribution in [0.1, 0.15) is 33.3 Å². The molecular formula is C21H35N3O. The van der Waals surface area contributed by atoms with Gasteiger partial charge in [0.2, 0.25) is 0 Å². The Hall–Kier alpha value is -1.10. The van der Waals surface area contributed by atoms with Crippen molar-refractivity contribution in [3.05, 3.63) is 29.8 Å². The predicted molar refractivity (Wildman–Crippen MR) is 104 cm³/mol. The first-order valence-corrected chi connectivity index (χ1v) is 9.72. The molecule has 0 bridgehead atoms. The average molecular weight is 346 g/mol. The Morgan fingerprint density at radius 3 is 2.40 bits per heavy atom. The van der Waals surface area contributed by atoms with Gasteiger partial charge in [-0.2, -0.15) is 0 Å². The average Bonchev–Trinajstić information content (AvgIpc) is 2.54. The number of piperazine rings is 2. The summed E-state index contributed by atoms with van der Waals surface area (Å²) in [4.78, 5) is 8.06. The molecule has 0 saturated carbocycles. The second-order valence-electron chi connectivity index (χ2n) is 8.83. The van der Waals surface area contributed by atoms with Crippen molar-refractivity contribution in [2.75, 3.05) is 46.4 Å². The first-order chi connectivity index (χ1) is 11.9. The number of methoxy groups -OCH3 is 1. The SMILES string of the molecule is COc1ccc(CN2C[C@@H]3CN(CC(C)C)CCN3C(C)(C)C2)cc1. The molecule has 2 fully saturated rings. The van der Waals surface area contributed by atoms with Crippen molar-refractivity contribution in [3.63, 3.8) is 0 Å². The van der Waals surface area contributed by atoms with Crippen LogP contribution < -0.4 is 4.74 Å². The van der Waals surface area contributed by atoms with Gasteiger partial charge in [0.25, 0.3) is 0 Å². The lowest BCUT2D eigenvalue weighted by atomic mass is 9.92. The van der Waals surface area contributed by atoms with Crippen molar-refractivity contribution in [1.29, 1.82) is 0 Å². The minimum Gasteiger partial charge on any atom is -0.497 e. The largest absolute Gasteiger partial charge is 0.497 e. The minimum atomic E-state index is 0.249. The number of nitrogens with zero attached hydrogens (tertiary/aromatic N) is 3. The Morgan fingerprint density at radius 2 is 1.76 bits per heavy atom. The number of rotatable bonds is 5. The van der Waals surface area contributed by atoms with Gasteiger partial charge in [0, 0.05) is 57.4 Å². The van der Waals surface area contributed by atoms with Crippen LogP contribution in [0.15, 0.2) is 24.3 Å². The highest BCUT2D eigenvalue weighted by molar-refractivity contribution is 5.27. The molecule has 2 aliphatic rings. The minimum absolute atomic E-state index is 0.249. The lowest BCUT2D eigenvalue weighted by Crippen LogP contribution is -2.69. The molecule has 0 radical (unpaired) electrons. The van der Waals surface area contributed by atoms with Gasteiger partial charge in [0.05, 0.1) is 7.11 Å². The summed E-state index contributed by atoms with van der Waals surface area (Å²) in [5, 5.41) is 0. The molecule has 2 saturated heterocycles. The summed E-state index contributed by atoms with van der Waals surface area (Å²) in [5.41, 5.74) is 1.62. The van der Waals surface area contributed by atoms with Gasteiger partial charge in [-0.3, -0.25) is 9.80 Å². The second kappa shape index (κ2) is 7.65. The third-order valence-electron chi connectivity index (χ3n) is 5.61. The third-order valence-corrected chi connectivity index (χ3v) is 5.61. The maximum absolute atomic E-state index is 5.28. The van der Waals surface area contributed by atoms with Crippen molar-refractivity contribution in [3.8, 4) is 5.75 Å². The van der Waals surface area contributed by atoms with Gasteiger partial charge in [0.1, 0.15) is 5.75 Å². The van der Waals surface area contributed by atoms with Gasteiger partial charge < -0.3 is 9.64 Å². The van der Waals surface area contributed by atoms with Gasteiger partial charge in [-0.05, 0) is 37.5 Å². The zero-order valence-corrected chi connectivity index (χ0v) is 16.7. The van der Waals surface area contributed by atoms with Crippen LogP contribution in [0, 0.1) is 5.92 Å². The van der Waals surface area contributed by atoms with Crippen molar-refractivity contribution in [2.24, 2.45) is 5.92 Å². The second-order valence-corrected chi connectivity index (χ2v) is 8.83. The van der Waals surface area contributed by atoms with E-state index < -0.39 is 0 Å². The van der Waals surface area contributed by atoms with E-state index in [1.165, 1.54) is 38.3 Å². The van der Waals surface area contributed by atoms with E-state index in [0.29, 0.717) is 6.04 Å². The summed E-state index contributed by atoms with van der Waals surface area (Å²) in [5.74, 6) is 1.68. The van der Waals surface area contributed by atoms with Crippen LogP contribution in [0.2, 0.25) is 0 Å². The molecule has 0 spiro atoms. The van der Waals surface area contributed by atoms with E-state index in [9.17, 15) is 0 Å². The summed E-state index contributed by atoms with van der Waals surface area (Å²) < 4.78 is 5.28. The van der Waals surface area contributed by atoms with Gasteiger partial charge in [-0.25, -0.2) is 0 Å². The maximum atomic E-state index is 5.28. The van der Waals surface area contributed by atoms with Crippen LogP contribution in [0.4, 0.5) is 0 Å². The summed E-state index contributed by atoms with van der Waals surface area (Å²) >= 11 is 0. The van der Waals surface area contributed by atoms with E-state index in [2.05, 4.69) is 66.7 Å². The smallest absolute Gasteiger partial charge is 0.118 e. The molecule has 4 heteroatoms. The lowest BCUT2D eigenvalue weighted by molar-refractivity contribution is -0.0684. The van der Waals surface area contributed by atoms with Crippen molar-refractivity contribution >= 4 is 0 Å². The van der Waals surface area contributed by atoms with Crippen LogP contribution in [-0.4, -0.2) is 72.7 Å². The fraction of sp³-hybridized carbons (Fsp3) is 0.714. The molecular weight excluding hydrogens is 310 g/mol. The quantitative estimate of drug-likeness (QED) is 0.817. The summed E-state index contributed by atoms with van der Waals surface area (Å²) in [6.45, 7) is 17.7. The summed E-state index contributed by atoms with van der Waals surface area (Å²) in [6, 6.07) is 9.19. The van der Waals surface area contributed by atoms with Crippen molar-refractivity contribution < 1.29 is 4.74 Å². The molecule has 4 nitrogen and oxygen atoms in total. The van der Waals surface area contributed by atoms with Crippen molar-refractivity contribution in [1.82, 2.24) is 14.7 Å². The highest BCUT2D eigenvalue weighted by Gasteiger charge is 2.42. The number of benzene rings is 1. The number of hydrogen-bond donors (Lipinski definition) is 0. The molecule has 25 heavy (non-hydrogen) atoms. The third kappa shape index (κ3) is 4.55. The number of hydrogen-bond acceptors (Lipinski definition) is 4. The van der Waals surface area contributed by atoms with Crippen LogP contribution in [0.3, 0.4) is 0 Å². The van der Waals surface area contributed by atoms with E-state index in [1.54, 1.807) is 7.11 Å². The Labute approximate surface area is 153 Å². The number of ether oxygens (including phenoxy) is 1. The molecule has 0 N–H and O–H groups in total. The fourth-order valence-electron chi connectivity index (χ4n) is 4.67. The van der Waals surface area contributed by atoms with Crippen molar-refractivity contribution in [2.45, 2.75) is 45.8 Å². The fourth-order valence-corrected chi connectivity index (χ4v) is 4.67. The highest BCUT2D eigenvalue weighted by Crippen LogP contribution is 2.29. The first kappa shape index (κ1) is 18.7. The first-order valence-electron chi connectivity index (χ1n) is 9.72. The molecule has 2 aliphatic heterocycles. The Balaban J connectivity index is 1.66. The predicted octanol–water partition coefficient (Wildman–Crippen LogP) is 2.93. The molecule has 0 aromatic heterocycles. The van der Waals surface area contributed by atoms with E-state index in [0.717, 1.165) is 24.8 Å². The van der Waals surface area contributed by atoms with Crippen LogP contribution in [-0.2, 0) is 6.54 Å². The Morgan fingerprint density at radius 1 is 1.08 bits per heavy atom. The number of fused-ring (bicyclic) bond motifs is 1. The molecule has 3 rings (SSSR count). The van der Waals surface area contributed by atoms with Crippen LogP contribution in [0.5, 0.6) is 5.75 Å². The standard InChI is InChI=1S/C21H35N3O/c1-17(2)12-22-10-11-24-19(14-22)15-23(16-21(24,3)4)13-18-6-8-20(25-5)9-7-18/h6-9,17,19H,10-16H2,1-5H3/t19-/m0/s1. The van der Waals surface area contributed by atoms with Gasteiger partial charge in [-0.1, -0.05) is 26.0 Å². The maximum Gasteiger partial charge on any atom is 0.118 e. The lowest BCUT2D eigenvalue weighted by Gasteiger charge is -2.56. The monoisotopic (exact) mass is 345 g/mol. The molecule has 1 aromatic rings. The molecule has 0 unspecified atom stereocenters. The van der Waals surface area contributed by atoms with Gasteiger partial charge in [0.15, 0.2) is 0 Å². The Kier molecular flexibility index (Phi) is 5.71. The zero-order chi connectivity index (χ0) is 18.0. The summed E-state index contributed by atoms with van der Waals surface area (Å²) in [7, 11) is 1.72. The zero-order valence-electron chi connectivity index (χ0n) is 16.7. The molecule has 2 heterocycles. The van der Waals surface area contributed by atoms with E-state index in [-0.39, 0.29) is 5.54 Å². The highest BCUT2D eigenvalue weighted by atomic mass is 16.5. The molecule has 140 valence electrons. The van der Waals surface area contributed by atoms with Crippen LogP contribution in [0.25, 0.3) is 0 Å². The molecule has 0 aliphatic carbocycles. The van der Waals surface area contributed by atoms with Gasteiger partial charge >= 0.3 is 0 Å². The normalized spacial score (nSPS) is 25.1. The summed E-state index contributed by atoms with van der Waals surface area (Å²) in [6.07, 6.45) is 0. The molecule has 1 atom stereocenters. The topological polar surface area (TPSA) is 19.0 Å². The Bertz CT molecular complexity index is 555. The van der Waals surface area contributed by atoms with E-state index in [4.69, 9.17) is 4.74 Å². The van der Waals surface area contributed by atoms with Crippen LogP contribution >= 0.6 is 0 Å². The molecule has 1 aromatic carbocycles. The molecule has 0 amide bonds. The van der Waals surface area contributed by atoms with E-state index >= 15 is 0 Å². The van der Waals surface area contributed by atoms with Gasteiger partial charge in [-0.15, -0.1) is 0 Å².